The Morgan fingerprint density at radius 1 is 0.750 bits per heavy atom. The molecule has 0 aliphatic rings. The average molecular weight is 224 g/mol. The Morgan fingerprint density at radius 3 is 1.94 bits per heavy atom. The average Bonchev–Trinajstić information content (AvgIpc) is 2.31. The third kappa shape index (κ3) is 13.4. The number of aliphatic hydroxyl groups is 1. The molecule has 0 fully saturated rings. The van der Waals surface area contributed by atoms with Crippen LogP contribution in [0.3, 0.4) is 0 Å². The monoisotopic (exact) mass is 224 g/mol. The topological polar surface area (TPSA) is 20.2 Å². The maximum atomic E-state index is 8.61. The van der Waals surface area contributed by atoms with E-state index in [1.165, 1.54) is 51.4 Å². The van der Waals surface area contributed by atoms with E-state index in [0.717, 1.165) is 6.42 Å². The first-order chi connectivity index (χ1) is 7.91. The van der Waals surface area contributed by atoms with E-state index in [1.807, 2.05) is 0 Å². The summed E-state index contributed by atoms with van der Waals surface area (Å²) in [6.45, 7) is 2.55. The molecule has 16 heavy (non-hydrogen) atoms. The van der Waals surface area contributed by atoms with Crippen molar-refractivity contribution in [1.82, 2.24) is 0 Å². The highest BCUT2D eigenvalue weighted by Gasteiger charge is 1.89. The van der Waals surface area contributed by atoms with Gasteiger partial charge in [-0.25, -0.2) is 0 Å². The fraction of sp³-hybridized carbons (Fsp3) is 0.733. The predicted octanol–water partition coefficient (Wildman–Crippen LogP) is 4.62. The largest absolute Gasteiger partial charge is 0.396 e. The highest BCUT2D eigenvalue weighted by molar-refractivity contribution is 5.02. The molecule has 1 heteroatoms. The summed E-state index contributed by atoms with van der Waals surface area (Å²) in [7, 11) is 0. The molecule has 0 rings (SSSR count). The summed E-state index contributed by atoms with van der Waals surface area (Å²) in [5.74, 6) is 0. The van der Waals surface area contributed by atoms with Crippen LogP contribution in [0.4, 0.5) is 0 Å². The Morgan fingerprint density at radius 2 is 1.31 bits per heavy atom. The predicted molar refractivity (Wildman–Crippen MR) is 72.6 cm³/mol. The van der Waals surface area contributed by atoms with Crippen LogP contribution in [-0.2, 0) is 0 Å². The van der Waals surface area contributed by atoms with Crippen molar-refractivity contribution in [1.29, 1.82) is 0 Å². The summed E-state index contributed by atoms with van der Waals surface area (Å²) >= 11 is 0. The molecule has 0 saturated carbocycles. The zero-order valence-electron chi connectivity index (χ0n) is 10.8. The van der Waals surface area contributed by atoms with E-state index in [2.05, 4.69) is 31.2 Å². The fourth-order valence-corrected chi connectivity index (χ4v) is 1.60. The van der Waals surface area contributed by atoms with Gasteiger partial charge in [-0.1, -0.05) is 63.3 Å². The Bertz CT molecular complexity index is 170. The number of hydrogen-bond donors (Lipinski definition) is 1. The summed E-state index contributed by atoms with van der Waals surface area (Å²) in [5, 5.41) is 8.61. The summed E-state index contributed by atoms with van der Waals surface area (Å²) in [6, 6.07) is 0. The van der Waals surface area contributed by atoms with Gasteiger partial charge in [-0.15, -0.1) is 0 Å². The number of rotatable bonds is 11. The highest BCUT2D eigenvalue weighted by Crippen LogP contribution is 2.07. The minimum Gasteiger partial charge on any atom is -0.396 e. The maximum absolute atomic E-state index is 8.61. The van der Waals surface area contributed by atoms with Crippen LogP contribution in [0.25, 0.3) is 0 Å². The van der Waals surface area contributed by atoms with Crippen molar-refractivity contribution in [2.24, 2.45) is 0 Å². The first kappa shape index (κ1) is 15.4. The number of aliphatic hydroxyl groups excluding tert-OH is 1. The number of unbranched alkanes of at least 4 members (excludes halogenated alkanes) is 7. The second kappa shape index (κ2) is 14.4. The Kier molecular flexibility index (Phi) is 13.9. The first-order valence-electron chi connectivity index (χ1n) is 6.84. The zero-order valence-corrected chi connectivity index (χ0v) is 10.8. The molecule has 0 atom stereocenters. The van der Waals surface area contributed by atoms with Crippen molar-refractivity contribution in [2.45, 2.75) is 64.7 Å². The van der Waals surface area contributed by atoms with E-state index in [9.17, 15) is 0 Å². The van der Waals surface area contributed by atoms with E-state index >= 15 is 0 Å². The first-order valence-corrected chi connectivity index (χ1v) is 6.84. The van der Waals surface area contributed by atoms with Gasteiger partial charge < -0.3 is 5.11 Å². The van der Waals surface area contributed by atoms with Gasteiger partial charge >= 0.3 is 0 Å². The van der Waals surface area contributed by atoms with E-state index < -0.39 is 0 Å². The van der Waals surface area contributed by atoms with Crippen molar-refractivity contribution in [3.8, 4) is 0 Å². The molecule has 0 aromatic heterocycles. The van der Waals surface area contributed by atoms with Gasteiger partial charge in [0, 0.05) is 6.61 Å². The van der Waals surface area contributed by atoms with Crippen LogP contribution < -0.4 is 0 Å². The SMILES string of the molecule is CCC/C=C/C=C\CCCCCCCCO. The van der Waals surface area contributed by atoms with Gasteiger partial charge in [-0.05, 0) is 25.7 Å². The van der Waals surface area contributed by atoms with Crippen LogP contribution in [0.15, 0.2) is 24.3 Å². The molecule has 0 amide bonds. The van der Waals surface area contributed by atoms with Crippen molar-refractivity contribution in [3.63, 3.8) is 0 Å². The van der Waals surface area contributed by atoms with Gasteiger partial charge in [0.2, 0.25) is 0 Å². The smallest absolute Gasteiger partial charge is 0.0431 e. The lowest BCUT2D eigenvalue weighted by molar-refractivity contribution is 0.282. The standard InChI is InChI=1S/C15H28O/c1-2-3-4-5-6-7-8-9-10-11-12-13-14-15-16/h4-7,16H,2-3,8-15H2,1H3/b5-4+,7-6-. The van der Waals surface area contributed by atoms with Gasteiger partial charge in [0.05, 0.1) is 0 Å². The van der Waals surface area contributed by atoms with Gasteiger partial charge in [-0.3, -0.25) is 0 Å². The lowest BCUT2D eigenvalue weighted by atomic mass is 10.1. The third-order valence-electron chi connectivity index (χ3n) is 2.62. The molecule has 0 spiro atoms. The van der Waals surface area contributed by atoms with Gasteiger partial charge in [-0.2, -0.15) is 0 Å². The molecule has 94 valence electrons. The van der Waals surface area contributed by atoms with E-state index in [0.29, 0.717) is 6.61 Å². The van der Waals surface area contributed by atoms with Crippen molar-refractivity contribution in [2.75, 3.05) is 6.61 Å². The Labute approximate surface area is 101 Å². The maximum Gasteiger partial charge on any atom is 0.0431 e. The second-order valence-corrected chi connectivity index (χ2v) is 4.28. The molecule has 0 aliphatic carbocycles. The van der Waals surface area contributed by atoms with E-state index in [-0.39, 0.29) is 0 Å². The molecule has 0 aromatic rings. The fourth-order valence-electron chi connectivity index (χ4n) is 1.60. The molecule has 1 nitrogen and oxygen atoms in total. The summed E-state index contributed by atoms with van der Waals surface area (Å²) in [6.07, 6.45) is 19.8. The molecule has 0 aliphatic heterocycles. The van der Waals surface area contributed by atoms with Crippen LogP contribution in [0.1, 0.15) is 64.7 Å². The van der Waals surface area contributed by atoms with Gasteiger partial charge in [0.1, 0.15) is 0 Å². The van der Waals surface area contributed by atoms with Crippen LogP contribution in [0.2, 0.25) is 0 Å². The van der Waals surface area contributed by atoms with Crippen molar-refractivity contribution in [3.05, 3.63) is 24.3 Å². The molecule has 0 saturated heterocycles. The van der Waals surface area contributed by atoms with Gasteiger partial charge in [0.25, 0.3) is 0 Å². The Hall–Kier alpha value is -0.560. The molecular weight excluding hydrogens is 196 g/mol. The minimum atomic E-state index is 0.354. The molecule has 0 radical (unpaired) electrons. The molecule has 0 aromatic carbocycles. The van der Waals surface area contributed by atoms with Crippen LogP contribution in [-0.4, -0.2) is 11.7 Å². The second-order valence-electron chi connectivity index (χ2n) is 4.28. The molecule has 0 unspecified atom stereocenters. The minimum absolute atomic E-state index is 0.354. The summed E-state index contributed by atoms with van der Waals surface area (Å²) < 4.78 is 0. The quantitative estimate of drug-likeness (QED) is 0.401. The molecule has 0 heterocycles. The molecular formula is C15H28O. The zero-order chi connectivity index (χ0) is 11.9. The molecule has 0 bridgehead atoms. The van der Waals surface area contributed by atoms with E-state index in [1.54, 1.807) is 0 Å². The van der Waals surface area contributed by atoms with Crippen LogP contribution >= 0.6 is 0 Å². The third-order valence-corrected chi connectivity index (χ3v) is 2.62. The van der Waals surface area contributed by atoms with E-state index in [4.69, 9.17) is 5.11 Å². The highest BCUT2D eigenvalue weighted by atomic mass is 16.2. The lowest BCUT2D eigenvalue weighted by Crippen LogP contribution is -1.83. The van der Waals surface area contributed by atoms with Gasteiger partial charge in [0.15, 0.2) is 0 Å². The molecule has 1 N–H and O–H groups in total. The van der Waals surface area contributed by atoms with Crippen molar-refractivity contribution >= 4 is 0 Å². The Balaban J connectivity index is 3.08. The number of allylic oxidation sites excluding steroid dienone is 4. The summed E-state index contributed by atoms with van der Waals surface area (Å²) in [5.41, 5.74) is 0. The van der Waals surface area contributed by atoms with Crippen molar-refractivity contribution < 1.29 is 5.11 Å². The normalized spacial score (nSPS) is 11.9. The lowest BCUT2D eigenvalue weighted by Gasteiger charge is -1.98. The van der Waals surface area contributed by atoms with Crippen LogP contribution in [0, 0.1) is 0 Å². The number of hydrogen-bond acceptors (Lipinski definition) is 1. The van der Waals surface area contributed by atoms with Crippen LogP contribution in [0.5, 0.6) is 0 Å². The summed E-state index contributed by atoms with van der Waals surface area (Å²) in [4.78, 5) is 0.